The largest absolute Gasteiger partial charge is 0.496 e. The van der Waals surface area contributed by atoms with Gasteiger partial charge in [-0.15, -0.1) is 0 Å². The highest BCUT2D eigenvalue weighted by Gasteiger charge is 2.32. The van der Waals surface area contributed by atoms with E-state index in [1.165, 1.54) is 18.4 Å². The summed E-state index contributed by atoms with van der Waals surface area (Å²) in [5.41, 5.74) is 2.59. The molecule has 0 bridgehead atoms. The van der Waals surface area contributed by atoms with Crippen LogP contribution in [-0.2, 0) is 0 Å². The van der Waals surface area contributed by atoms with E-state index in [1.54, 1.807) is 21.3 Å². The number of hydrogen-bond donors (Lipinski definition) is 0. The molecule has 0 aliphatic heterocycles. The molecule has 0 aromatic heterocycles. The Hall–Kier alpha value is -1.64. The first kappa shape index (κ1) is 16.7. The molecule has 0 spiro atoms. The second-order valence-electron chi connectivity index (χ2n) is 6.43. The molecule has 3 nitrogen and oxygen atoms in total. The summed E-state index contributed by atoms with van der Waals surface area (Å²) in [5.74, 6) is 3.99. The fourth-order valence-electron chi connectivity index (χ4n) is 3.49. The predicted octanol–water partition coefficient (Wildman–Crippen LogP) is 4.81. The van der Waals surface area contributed by atoms with Crippen molar-refractivity contribution in [1.29, 1.82) is 0 Å². The van der Waals surface area contributed by atoms with E-state index in [9.17, 15) is 0 Å². The Morgan fingerprint density at radius 3 is 2.05 bits per heavy atom. The Bertz CT molecular complexity index is 521. The van der Waals surface area contributed by atoms with Crippen LogP contribution in [0.25, 0.3) is 0 Å². The van der Waals surface area contributed by atoms with Gasteiger partial charge in [-0.3, -0.25) is 0 Å². The Balaban J connectivity index is 2.59. The SMILES string of the molecule is COc1cc(OC)c([C@H]2C=C(C)CC[C@@H]2C(C)C)c(OC)c1. The molecule has 0 saturated heterocycles. The zero-order valence-corrected chi connectivity index (χ0v) is 14.6. The van der Waals surface area contributed by atoms with E-state index in [1.807, 2.05) is 12.1 Å². The summed E-state index contributed by atoms with van der Waals surface area (Å²) in [6.07, 6.45) is 4.78. The van der Waals surface area contributed by atoms with Crippen molar-refractivity contribution in [2.75, 3.05) is 21.3 Å². The molecule has 0 fully saturated rings. The molecule has 3 heteroatoms. The summed E-state index contributed by atoms with van der Waals surface area (Å²) in [6.45, 7) is 6.81. The molecule has 1 aromatic carbocycles. The van der Waals surface area contributed by atoms with Crippen LogP contribution in [0.4, 0.5) is 0 Å². The van der Waals surface area contributed by atoms with E-state index in [0.29, 0.717) is 17.8 Å². The van der Waals surface area contributed by atoms with Gasteiger partial charge in [-0.05, 0) is 31.6 Å². The summed E-state index contributed by atoms with van der Waals surface area (Å²) in [7, 11) is 5.08. The Morgan fingerprint density at radius 2 is 1.59 bits per heavy atom. The quantitative estimate of drug-likeness (QED) is 0.731. The lowest BCUT2D eigenvalue weighted by molar-refractivity contribution is 0.298. The lowest BCUT2D eigenvalue weighted by atomic mass is 9.71. The van der Waals surface area contributed by atoms with Gasteiger partial charge in [-0.25, -0.2) is 0 Å². The van der Waals surface area contributed by atoms with E-state index in [-0.39, 0.29) is 0 Å². The maximum atomic E-state index is 5.66. The third-order valence-corrected chi connectivity index (χ3v) is 4.74. The van der Waals surface area contributed by atoms with Crippen molar-refractivity contribution < 1.29 is 14.2 Å². The van der Waals surface area contributed by atoms with E-state index < -0.39 is 0 Å². The van der Waals surface area contributed by atoms with Crippen LogP contribution in [0.15, 0.2) is 23.8 Å². The molecule has 1 aliphatic rings. The molecule has 122 valence electrons. The fraction of sp³-hybridized carbons (Fsp3) is 0.579. The highest BCUT2D eigenvalue weighted by atomic mass is 16.5. The number of rotatable bonds is 5. The van der Waals surface area contributed by atoms with Crippen molar-refractivity contribution in [3.63, 3.8) is 0 Å². The standard InChI is InChI=1S/C19H28O3/c1-12(2)15-8-7-13(3)9-16(15)19-17(21-5)10-14(20-4)11-18(19)22-6/h9-12,15-16H,7-8H2,1-6H3/t15-,16+/m1/s1. The van der Waals surface area contributed by atoms with Crippen molar-refractivity contribution in [2.24, 2.45) is 11.8 Å². The smallest absolute Gasteiger partial charge is 0.130 e. The lowest BCUT2D eigenvalue weighted by Crippen LogP contribution is -2.22. The molecular weight excluding hydrogens is 276 g/mol. The minimum absolute atomic E-state index is 0.324. The number of allylic oxidation sites excluding steroid dienone is 2. The van der Waals surface area contributed by atoms with Gasteiger partial charge in [0.1, 0.15) is 17.2 Å². The van der Waals surface area contributed by atoms with Crippen molar-refractivity contribution >= 4 is 0 Å². The van der Waals surface area contributed by atoms with Crippen molar-refractivity contribution in [3.8, 4) is 17.2 Å². The van der Waals surface area contributed by atoms with Gasteiger partial charge in [-0.2, -0.15) is 0 Å². The lowest BCUT2D eigenvalue weighted by Gasteiger charge is -2.34. The predicted molar refractivity (Wildman–Crippen MR) is 90.2 cm³/mol. The number of hydrogen-bond acceptors (Lipinski definition) is 3. The van der Waals surface area contributed by atoms with Crippen molar-refractivity contribution in [3.05, 3.63) is 29.3 Å². The number of benzene rings is 1. The molecule has 0 heterocycles. The summed E-state index contributed by atoms with van der Waals surface area (Å²) < 4.78 is 16.7. The molecule has 0 amide bonds. The van der Waals surface area contributed by atoms with Gasteiger partial charge in [-0.1, -0.05) is 25.5 Å². The van der Waals surface area contributed by atoms with Gasteiger partial charge in [0, 0.05) is 23.6 Å². The van der Waals surface area contributed by atoms with Crippen LogP contribution in [-0.4, -0.2) is 21.3 Å². The molecule has 0 radical (unpaired) electrons. The molecule has 2 atom stereocenters. The number of ether oxygens (including phenoxy) is 3. The van der Waals surface area contributed by atoms with Gasteiger partial charge in [0.15, 0.2) is 0 Å². The summed E-state index contributed by atoms with van der Waals surface area (Å²) in [4.78, 5) is 0. The maximum Gasteiger partial charge on any atom is 0.130 e. The highest BCUT2D eigenvalue weighted by Crippen LogP contribution is 2.48. The average molecular weight is 304 g/mol. The van der Waals surface area contributed by atoms with Crippen LogP contribution in [0.3, 0.4) is 0 Å². The van der Waals surface area contributed by atoms with Gasteiger partial charge < -0.3 is 14.2 Å². The van der Waals surface area contributed by atoms with E-state index in [2.05, 4.69) is 26.8 Å². The first-order valence-electron chi connectivity index (χ1n) is 7.99. The number of methoxy groups -OCH3 is 3. The molecule has 2 rings (SSSR count). The molecule has 1 aromatic rings. The highest BCUT2D eigenvalue weighted by molar-refractivity contribution is 5.54. The van der Waals surface area contributed by atoms with E-state index in [0.717, 1.165) is 22.8 Å². The minimum Gasteiger partial charge on any atom is -0.496 e. The third-order valence-electron chi connectivity index (χ3n) is 4.74. The second-order valence-corrected chi connectivity index (χ2v) is 6.43. The van der Waals surface area contributed by atoms with Crippen molar-refractivity contribution in [2.45, 2.75) is 39.5 Å². The Kier molecular flexibility index (Phi) is 5.38. The zero-order chi connectivity index (χ0) is 16.3. The summed E-state index contributed by atoms with van der Waals surface area (Å²) >= 11 is 0. The third kappa shape index (κ3) is 3.23. The van der Waals surface area contributed by atoms with Crippen LogP contribution >= 0.6 is 0 Å². The summed E-state index contributed by atoms with van der Waals surface area (Å²) in [6, 6.07) is 3.90. The topological polar surface area (TPSA) is 27.7 Å². The minimum atomic E-state index is 0.324. The van der Waals surface area contributed by atoms with Crippen LogP contribution < -0.4 is 14.2 Å². The maximum absolute atomic E-state index is 5.66. The molecular formula is C19H28O3. The average Bonchev–Trinajstić information content (AvgIpc) is 2.52. The molecule has 22 heavy (non-hydrogen) atoms. The van der Waals surface area contributed by atoms with Gasteiger partial charge in [0.2, 0.25) is 0 Å². The molecule has 0 saturated carbocycles. The van der Waals surface area contributed by atoms with Gasteiger partial charge in [0.25, 0.3) is 0 Å². The summed E-state index contributed by atoms with van der Waals surface area (Å²) in [5, 5.41) is 0. The van der Waals surface area contributed by atoms with Crippen LogP contribution in [0.1, 0.15) is 45.1 Å². The molecule has 0 unspecified atom stereocenters. The van der Waals surface area contributed by atoms with Crippen LogP contribution in [0, 0.1) is 11.8 Å². The molecule has 1 aliphatic carbocycles. The first-order chi connectivity index (χ1) is 10.5. The first-order valence-corrected chi connectivity index (χ1v) is 7.99. The molecule has 0 N–H and O–H groups in total. The fourth-order valence-corrected chi connectivity index (χ4v) is 3.49. The van der Waals surface area contributed by atoms with Gasteiger partial charge >= 0.3 is 0 Å². The normalized spacial score (nSPS) is 21.5. The van der Waals surface area contributed by atoms with E-state index >= 15 is 0 Å². The van der Waals surface area contributed by atoms with Crippen molar-refractivity contribution in [1.82, 2.24) is 0 Å². The Morgan fingerprint density at radius 1 is 1.00 bits per heavy atom. The second kappa shape index (κ2) is 7.08. The Labute approximate surface area is 134 Å². The van der Waals surface area contributed by atoms with Crippen LogP contribution in [0.2, 0.25) is 0 Å². The van der Waals surface area contributed by atoms with Crippen LogP contribution in [0.5, 0.6) is 17.2 Å². The monoisotopic (exact) mass is 304 g/mol. The zero-order valence-electron chi connectivity index (χ0n) is 14.6. The van der Waals surface area contributed by atoms with E-state index in [4.69, 9.17) is 14.2 Å². The van der Waals surface area contributed by atoms with Gasteiger partial charge in [0.05, 0.1) is 21.3 Å².